The molecule has 34 heavy (non-hydrogen) atoms. The van der Waals surface area contributed by atoms with Crippen molar-refractivity contribution in [1.29, 1.82) is 0 Å². The molecule has 1 aliphatic rings. The van der Waals surface area contributed by atoms with Gasteiger partial charge in [-0.3, -0.25) is 9.59 Å². The van der Waals surface area contributed by atoms with E-state index in [1.165, 1.54) is 11.1 Å². The summed E-state index contributed by atoms with van der Waals surface area (Å²) in [5, 5.41) is 9.92. The Balaban J connectivity index is 1.51. The van der Waals surface area contributed by atoms with Crippen molar-refractivity contribution in [2.45, 2.75) is 52.2 Å². The Hall–Kier alpha value is -3.12. The number of nitrogens with one attached hydrogen (secondary N) is 1. The van der Waals surface area contributed by atoms with Crippen molar-refractivity contribution in [1.82, 2.24) is 19.7 Å². The first-order valence-corrected chi connectivity index (χ1v) is 12.3. The Morgan fingerprint density at radius 2 is 1.94 bits per heavy atom. The van der Waals surface area contributed by atoms with Gasteiger partial charge in [0.25, 0.3) is 5.56 Å². The lowest BCUT2D eigenvalue weighted by Crippen LogP contribution is -2.45. The van der Waals surface area contributed by atoms with Gasteiger partial charge in [0, 0.05) is 33.9 Å². The highest BCUT2D eigenvalue weighted by atomic mass is 35.5. The van der Waals surface area contributed by atoms with E-state index >= 15 is 0 Å². The molecule has 2 aromatic heterocycles. The van der Waals surface area contributed by atoms with Crippen LogP contribution < -0.4 is 10.9 Å². The molecule has 5 rings (SSSR count). The Bertz CT molecular complexity index is 1420. The van der Waals surface area contributed by atoms with E-state index in [9.17, 15) is 9.59 Å². The van der Waals surface area contributed by atoms with Crippen molar-refractivity contribution in [3.05, 3.63) is 75.7 Å². The first-order valence-electron chi connectivity index (χ1n) is 11.9. The lowest BCUT2D eigenvalue weighted by atomic mass is 9.78. The Morgan fingerprint density at radius 1 is 1.12 bits per heavy atom. The Labute approximate surface area is 203 Å². The van der Waals surface area contributed by atoms with Gasteiger partial charge < -0.3 is 9.88 Å². The quantitative estimate of drug-likeness (QED) is 0.441. The number of carbonyl (C=O) groups excluding carboxylic acids is 1. The second-order valence-corrected chi connectivity index (χ2v) is 9.98. The molecule has 4 aromatic rings. The summed E-state index contributed by atoms with van der Waals surface area (Å²) in [6.07, 6.45) is 4.99. The molecule has 0 aliphatic heterocycles. The molecular weight excluding hydrogens is 448 g/mol. The zero-order valence-corrected chi connectivity index (χ0v) is 20.3. The second kappa shape index (κ2) is 9.26. The third-order valence-corrected chi connectivity index (χ3v) is 7.58. The lowest BCUT2D eigenvalue weighted by molar-refractivity contribution is -0.123. The van der Waals surface area contributed by atoms with Gasteiger partial charge in [0.15, 0.2) is 0 Å². The largest absolute Gasteiger partial charge is 0.351 e. The van der Waals surface area contributed by atoms with Crippen molar-refractivity contribution in [3.8, 4) is 0 Å². The number of nitrogens with zero attached hydrogens (tertiary/aromatic N) is 3. The number of para-hydroxylation sites is 1. The molecule has 1 amide bonds. The number of hydrogen-bond donors (Lipinski definition) is 1. The van der Waals surface area contributed by atoms with Gasteiger partial charge in [-0.1, -0.05) is 68.6 Å². The summed E-state index contributed by atoms with van der Waals surface area (Å²) >= 11 is 6.20. The van der Waals surface area contributed by atoms with E-state index in [1.54, 1.807) is 6.20 Å². The van der Waals surface area contributed by atoms with Crippen LogP contribution in [-0.4, -0.2) is 26.3 Å². The molecule has 6 nitrogen and oxygen atoms in total. The highest BCUT2D eigenvalue weighted by Crippen LogP contribution is 2.30. The first-order chi connectivity index (χ1) is 16.4. The van der Waals surface area contributed by atoms with Crippen LogP contribution in [0.25, 0.3) is 21.8 Å². The monoisotopic (exact) mass is 476 g/mol. The van der Waals surface area contributed by atoms with Crippen LogP contribution in [0.4, 0.5) is 0 Å². The molecule has 3 atom stereocenters. The van der Waals surface area contributed by atoms with Gasteiger partial charge in [0.05, 0.1) is 6.20 Å². The van der Waals surface area contributed by atoms with Crippen molar-refractivity contribution >= 4 is 39.3 Å². The van der Waals surface area contributed by atoms with Crippen molar-refractivity contribution in [3.63, 3.8) is 0 Å². The summed E-state index contributed by atoms with van der Waals surface area (Å²) < 4.78 is 3.28. The fraction of sp³-hybridized carbons (Fsp3) is 0.370. The number of halogens is 1. The number of aromatic nitrogens is 3. The normalized spacial score (nSPS) is 20.6. The maximum atomic E-state index is 13.6. The van der Waals surface area contributed by atoms with Gasteiger partial charge >= 0.3 is 0 Å². The molecule has 1 saturated carbocycles. The predicted molar refractivity (Wildman–Crippen MR) is 136 cm³/mol. The summed E-state index contributed by atoms with van der Waals surface area (Å²) in [5.74, 6) is 0.834. The van der Waals surface area contributed by atoms with Gasteiger partial charge in [0.2, 0.25) is 5.91 Å². The van der Waals surface area contributed by atoms with Crippen LogP contribution in [0.5, 0.6) is 0 Å². The van der Waals surface area contributed by atoms with Crippen molar-refractivity contribution in [2.24, 2.45) is 11.8 Å². The van der Waals surface area contributed by atoms with Gasteiger partial charge in [0.1, 0.15) is 12.1 Å². The van der Waals surface area contributed by atoms with E-state index in [0.29, 0.717) is 28.9 Å². The first kappa shape index (κ1) is 22.7. The number of rotatable bonds is 5. The summed E-state index contributed by atoms with van der Waals surface area (Å²) in [5.41, 5.74) is 2.22. The molecule has 0 spiro atoms. The predicted octanol–water partition coefficient (Wildman–Crippen LogP) is 4.99. The molecular formula is C27H29ClN4O2. The molecule has 1 N–H and O–H groups in total. The van der Waals surface area contributed by atoms with Gasteiger partial charge in [-0.05, 0) is 42.0 Å². The minimum absolute atomic E-state index is 0.0922. The topological polar surface area (TPSA) is 68.9 Å². The zero-order valence-electron chi connectivity index (χ0n) is 19.5. The summed E-state index contributed by atoms with van der Waals surface area (Å²) in [6, 6.07) is 15.7. The molecule has 1 fully saturated rings. The minimum atomic E-state index is -0.268. The molecule has 0 unspecified atom stereocenters. The number of hydrogen-bond acceptors (Lipinski definition) is 3. The standard InChI is InChI=1S/C27H29ClN4O2/c1-17-7-5-11-23(18(17)2)30-25(33)16-32-27(34)26-22(14-29-32)21-10-3-4-12-24(21)31(26)15-19-8-6-9-20(28)13-19/h3-4,6,8-10,12-14,17-18,23H,5,7,11,15-16H2,1-2H3,(H,30,33)/t17-,18-,23+/m1/s1. The van der Waals surface area contributed by atoms with Gasteiger partial charge in [-0.2, -0.15) is 5.10 Å². The molecule has 7 heteroatoms. The molecule has 1 aliphatic carbocycles. The molecule has 2 aromatic carbocycles. The van der Waals surface area contributed by atoms with Gasteiger partial charge in [-0.15, -0.1) is 0 Å². The maximum absolute atomic E-state index is 13.6. The fourth-order valence-electron chi connectivity index (χ4n) is 5.26. The van der Waals surface area contributed by atoms with E-state index in [4.69, 9.17) is 11.6 Å². The smallest absolute Gasteiger partial charge is 0.291 e. The van der Waals surface area contributed by atoms with E-state index in [2.05, 4.69) is 24.3 Å². The summed E-state index contributed by atoms with van der Waals surface area (Å²) in [6.45, 7) is 4.83. The molecule has 0 saturated heterocycles. The van der Waals surface area contributed by atoms with Crippen LogP contribution in [0.1, 0.15) is 38.7 Å². The average Bonchev–Trinajstić information content (AvgIpc) is 3.13. The average molecular weight is 477 g/mol. The number of fused-ring (bicyclic) bond motifs is 3. The van der Waals surface area contributed by atoms with Crippen LogP contribution in [0.2, 0.25) is 5.02 Å². The van der Waals surface area contributed by atoms with Crippen LogP contribution >= 0.6 is 11.6 Å². The summed E-state index contributed by atoms with van der Waals surface area (Å²) in [7, 11) is 0. The lowest BCUT2D eigenvalue weighted by Gasteiger charge is -2.34. The van der Waals surface area contributed by atoms with Crippen molar-refractivity contribution < 1.29 is 4.79 Å². The summed E-state index contributed by atoms with van der Waals surface area (Å²) in [4.78, 5) is 26.5. The molecule has 0 radical (unpaired) electrons. The SMILES string of the molecule is C[C@@H]1[C@H](C)CCC[C@@H]1NC(=O)Cn1ncc2c3ccccc3n(Cc3cccc(Cl)c3)c2c1=O. The molecule has 2 heterocycles. The maximum Gasteiger partial charge on any atom is 0.291 e. The van der Waals surface area contributed by atoms with E-state index in [-0.39, 0.29) is 24.1 Å². The molecule has 176 valence electrons. The Morgan fingerprint density at radius 3 is 2.76 bits per heavy atom. The molecule has 0 bridgehead atoms. The van der Waals surface area contributed by atoms with E-state index in [1.807, 2.05) is 53.1 Å². The highest BCUT2D eigenvalue weighted by molar-refractivity contribution is 6.30. The third-order valence-electron chi connectivity index (χ3n) is 7.35. The van der Waals surface area contributed by atoms with E-state index in [0.717, 1.165) is 34.7 Å². The number of amides is 1. The van der Waals surface area contributed by atoms with E-state index < -0.39 is 0 Å². The number of benzene rings is 2. The van der Waals surface area contributed by atoms with Crippen LogP contribution in [-0.2, 0) is 17.9 Å². The minimum Gasteiger partial charge on any atom is -0.351 e. The fourth-order valence-corrected chi connectivity index (χ4v) is 5.48. The second-order valence-electron chi connectivity index (χ2n) is 9.54. The van der Waals surface area contributed by atoms with Crippen LogP contribution in [0, 0.1) is 11.8 Å². The number of carbonyl (C=O) groups is 1. The van der Waals surface area contributed by atoms with Crippen LogP contribution in [0.15, 0.2) is 59.5 Å². The van der Waals surface area contributed by atoms with Crippen molar-refractivity contribution in [2.75, 3.05) is 0 Å². The zero-order chi connectivity index (χ0) is 23.8. The highest BCUT2D eigenvalue weighted by Gasteiger charge is 2.28. The van der Waals surface area contributed by atoms with Gasteiger partial charge in [-0.25, -0.2) is 4.68 Å². The Kier molecular flexibility index (Phi) is 6.17. The van der Waals surface area contributed by atoms with Crippen LogP contribution in [0.3, 0.4) is 0 Å². The third kappa shape index (κ3) is 4.23.